The quantitative estimate of drug-likeness (QED) is 0.575. The van der Waals surface area contributed by atoms with Gasteiger partial charge in [-0.2, -0.15) is 0 Å². The molecule has 1 fully saturated rings. The second kappa shape index (κ2) is 9.88. The van der Waals surface area contributed by atoms with Crippen LogP contribution in [0, 0.1) is 0 Å². The maximum absolute atomic E-state index is 5.07. The fourth-order valence-electron chi connectivity index (χ4n) is 0.805. The van der Waals surface area contributed by atoms with Crippen LogP contribution in [0.15, 0.2) is 0 Å². The third-order valence-corrected chi connectivity index (χ3v) is 1.31. The molecule has 0 bridgehead atoms. The molecule has 0 spiro atoms. The van der Waals surface area contributed by atoms with E-state index in [9.17, 15) is 0 Å². The molecule has 0 aromatic rings. The first-order valence-corrected chi connectivity index (χ1v) is 3.97. The van der Waals surface area contributed by atoms with E-state index in [1.54, 1.807) is 14.2 Å². The molecule has 1 aliphatic rings. The molecule has 0 atom stereocenters. The topological polar surface area (TPSA) is 27.7 Å². The molecular formula is C8H18O3. The molecule has 3 heteroatoms. The van der Waals surface area contributed by atoms with E-state index in [1.165, 1.54) is 19.3 Å². The summed E-state index contributed by atoms with van der Waals surface area (Å²) >= 11 is 0. The molecule has 0 N–H and O–H groups in total. The summed E-state index contributed by atoms with van der Waals surface area (Å²) in [6, 6.07) is 0. The highest BCUT2D eigenvalue weighted by molar-refractivity contribution is 4.45. The van der Waals surface area contributed by atoms with Crippen LogP contribution < -0.4 is 0 Å². The summed E-state index contributed by atoms with van der Waals surface area (Å²) in [5, 5.41) is 0. The van der Waals surface area contributed by atoms with Gasteiger partial charge in [-0.05, 0) is 19.3 Å². The minimum absolute atomic E-state index is 0.389. The van der Waals surface area contributed by atoms with Crippen LogP contribution in [0.25, 0.3) is 0 Å². The van der Waals surface area contributed by atoms with E-state index in [2.05, 4.69) is 9.47 Å². The molecule has 1 rings (SSSR count). The van der Waals surface area contributed by atoms with Gasteiger partial charge in [0.15, 0.2) is 0 Å². The first kappa shape index (κ1) is 10.9. The van der Waals surface area contributed by atoms with Gasteiger partial charge in [0.2, 0.25) is 0 Å². The van der Waals surface area contributed by atoms with E-state index in [1.807, 2.05) is 0 Å². The second-order valence-corrected chi connectivity index (χ2v) is 2.37. The Morgan fingerprint density at radius 1 is 1.00 bits per heavy atom. The predicted octanol–water partition coefficient (Wildman–Crippen LogP) is 1.42. The van der Waals surface area contributed by atoms with E-state index in [0.29, 0.717) is 6.79 Å². The number of hydrogen-bond donors (Lipinski definition) is 0. The molecule has 1 heterocycles. The van der Waals surface area contributed by atoms with Crippen molar-refractivity contribution < 1.29 is 14.2 Å². The van der Waals surface area contributed by atoms with Crippen LogP contribution in [0.3, 0.4) is 0 Å². The minimum Gasteiger partial charge on any atom is -0.381 e. The van der Waals surface area contributed by atoms with Gasteiger partial charge in [0.1, 0.15) is 6.79 Å². The van der Waals surface area contributed by atoms with Crippen molar-refractivity contribution in [3.63, 3.8) is 0 Å². The van der Waals surface area contributed by atoms with Gasteiger partial charge in [-0.15, -0.1) is 0 Å². The molecule has 0 amide bonds. The summed E-state index contributed by atoms with van der Waals surface area (Å²) in [5.74, 6) is 0. The maximum atomic E-state index is 5.07. The van der Waals surface area contributed by atoms with Gasteiger partial charge in [-0.25, -0.2) is 0 Å². The Hall–Kier alpha value is -0.120. The fraction of sp³-hybridized carbons (Fsp3) is 1.00. The fourth-order valence-corrected chi connectivity index (χ4v) is 0.805. The molecule has 0 saturated carbocycles. The molecule has 3 nitrogen and oxygen atoms in total. The molecule has 0 aromatic carbocycles. The van der Waals surface area contributed by atoms with Crippen LogP contribution in [-0.2, 0) is 14.2 Å². The predicted molar refractivity (Wildman–Crippen MR) is 43.6 cm³/mol. The van der Waals surface area contributed by atoms with Crippen molar-refractivity contribution >= 4 is 0 Å². The number of rotatable bonds is 2. The average Bonchev–Trinajstić information content (AvgIpc) is 2.10. The van der Waals surface area contributed by atoms with E-state index in [0.717, 1.165) is 13.2 Å². The molecule has 68 valence electrons. The van der Waals surface area contributed by atoms with Gasteiger partial charge in [-0.3, -0.25) is 0 Å². The number of methoxy groups -OCH3 is 2. The van der Waals surface area contributed by atoms with E-state index >= 15 is 0 Å². The van der Waals surface area contributed by atoms with E-state index in [-0.39, 0.29) is 0 Å². The highest BCUT2D eigenvalue weighted by Crippen LogP contribution is 2.02. The third-order valence-electron chi connectivity index (χ3n) is 1.31. The number of ether oxygens (including phenoxy) is 3. The average molecular weight is 162 g/mol. The lowest BCUT2D eigenvalue weighted by atomic mass is 10.2. The second-order valence-electron chi connectivity index (χ2n) is 2.37. The number of hydrogen-bond acceptors (Lipinski definition) is 3. The van der Waals surface area contributed by atoms with E-state index in [4.69, 9.17) is 4.74 Å². The molecule has 0 aromatic heterocycles. The summed E-state index contributed by atoms with van der Waals surface area (Å²) in [4.78, 5) is 0. The molecular weight excluding hydrogens is 144 g/mol. The van der Waals surface area contributed by atoms with Crippen molar-refractivity contribution in [1.29, 1.82) is 0 Å². The lowest BCUT2D eigenvalue weighted by Crippen LogP contribution is -2.03. The van der Waals surface area contributed by atoms with Gasteiger partial charge in [0.25, 0.3) is 0 Å². The van der Waals surface area contributed by atoms with Gasteiger partial charge in [-0.1, -0.05) is 0 Å². The molecule has 1 aliphatic heterocycles. The Bertz CT molecular complexity index is 48.8. The SMILES string of the molecule is C1CCOCC1.COCOC. The lowest BCUT2D eigenvalue weighted by molar-refractivity contribution is -0.00271. The van der Waals surface area contributed by atoms with Crippen molar-refractivity contribution in [2.24, 2.45) is 0 Å². The van der Waals surface area contributed by atoms with Crippen molar-refractivity contribution in [2.75, 3.05) is 34.2 Å². The van der Waals surface area contributed by atoms with Crippen molar-refractivity contribution in [3.8, 4) is 0 Å². The smallest absolute Gasteiger partial charge is 0.145 e. The Labute approximate surface area is 68.6 Å². The van der Waals surface area contributed by atoms with Crippen LogP contribution in [0.2, 0.25) is 0 Å². The Kier molecular flexibility index (Phi) is 9.77. The molecule has 0 unspecified atom stereocenters. The molecule has 0 aliphatic carbocycles. The van der Waals surface area contributed by atoms with Gasteiger partial charge >= 0.3 is 0 Å². The highest BCUT2D eigenvalue weighted by Gasteiger charge is 1.94. The van der Waals surface area contributed by atoms with Crippen LogP contribution in [0.4, 0.5) is 0 Å². The molecule has 1 saturated heterocycles. The highest BCUT2D eigenvalue weighted by atomic mass is 16.6. The van der Waals surface area contributed by atoms with Crippen molar-refractivity contribution in [2.45, 2.75) is 19.3 Å². The largest absolute Gasteiger partial charge is 0.381 e. The third kappa shape index (κ3) is 9.88. The first-order chi connectivity index (χ1) is 5.41. The van der Waals surface area contributed by atoms with Gasteiger partial charge in [0, 0.05) is 27.4 Å². The molecule has 11 heavy (non-hydrogen) atoms. The van der Waals surface area contributed by atoms with Crippen LogP contribution >= 0.6 is 0 Å². The zero-order valence-electron chi connectivity index (χ0n) is 7.47. The monoisotopic (exact) mass is 162 g/mol. The minimum atomic E-state index is 0.389. The Morgan fingerprint density at radius 3 is 1.64 bits per heavy atom. The van der Waals surface area contributed by atoms with Crippen LogP contribution in [0.1, 0.15) is 19.3 Å². The summed E-state index contributed by atoms with van der Waals surface area (Å²) in [5.41, 5.74) is 0. The summed E-state index contributed by atoms with van der Waals surface area (Å²) in [6.07, 6.45) is 3.93. The van der Waals surface area contributed by atoms with Gasteiger partial charge in [0.05, 0.1) is 0 Å². The lowest BCUT2D eigenvalue weighted by Gasteiger charge is -2.08. The normalized spacial score (nSPS) is 16.9. The van der Waals surface area contributed by atoms with Crippen LogP contribution in [0.5, 0.6) is 0 Å². The van der Waals surface area contributed by atoms with E-state index < -0.39 is 0 Å². The summed E-state index contributed by atoms with van der Waals surface area (Å²) in [7, 11) is 3.17. The summed E-state index contributed by atoms with van der Waals surface area (Å²) < 4.78 is 14.0. The first-order valence-electron chi connectivity index (χ1n) is 3.97. The van der Waals surface area contributed by atoms with Crippen molar-refractivity contribution in [1.82, 2.24) is 0 Å². The van der Waals surface area contributed by atoms with Gasteiger partial charge < -0.3 is 14.2 Å². The Morgan fingerprint density at radius 2 is 1.55 bits per heavy atom. The molecule has 0 radical (unpaired) electrons. The van der Waals surface area contributed by atoms with Crippen molar-refractivity contribution in [3.05, 3.63) is 0 Å². The zero-order chi connectivity index (χ0) is 8.36. The zero-order valence-corrected chi connectivity index (χ0v) is 7.47. The van der Waals surface area contributed by atoms with Crippen LogP contribution in [-0.4, -0.2) is 34.2 Å². The standard InChI is InChI=1S/C5H10O.C3H8O2/c1-2-4-6-5-3-1;1-4-3-5-2/h1-5H2;3H2,1-2H3. The maximum Gasteiger partial charge on any atom is 0.145 e. The Balaban J connectivity index is 0.000000187. The summed E-state index contributed by atoms with van der Waals surface area (Å²) in [6.45, 7) is 2.39.